The topological polar surface area (TPSA) is 107 Å². The Hall–Kier alpha value is -2.93. The molecule has 0 saturated carbocycles. The maximum Gasteiger partial charge on any atom is 0.325 e. The molecule has 2 atom stereocenters. The SMILES string of the molecule is COC(=O)Cn1c(=NC(=O)c2ccc(S(=O)(=O)N3C[C@@H](C)O[C@H](C)C3)cc2)sc2cc(F)ccc21. The van der Waals surface area contributed by atoms with Crippen LogP contribution >= 0.6 is 11.3 Å². The summed E-state index contributed by atoms with van der Waals surface area (Å²) < 4.78 is 53.5. The minimum Gasteiger partial charge on any atom is -0.468 e. The smallest absolute Gasteiger partial charge is 0.325 e. The Balaban J connectivity index is 1.65. The summed E-state index contributed by atoms with van der Waals surface area (Å²) in [4.78, 5) is 29.1. The lowest BCUT2D eigenvalue weighted by Crippen LogP contribution is -2.48. The number of benzene rings is 2. The Morgan fingerprint density at radius 1 is 1.14 bits per heavy atom. The number of thiazole rings is 1. The van der Waals surface area contributed by atoms with Crippen molar-refractivity contribution in [3.63, 3.8) is 0 Å². The Bertz CT molecular complexity index is 1440. The summed E-state index contributed by atoms with van der Waals surface area (Å²) in [5.74, 6) is -1.64. The summed E-state index contributed by atoms with van der Waals surface area (Å²) >= 11 is 1.05. The first-order valence-electron chi connectivity index (χ1n) is 10.8. The van der Waals surface area contributed by atoms with E-state index in [-0.39, 0.29) is 47.1 Å². The molecule has 1 fully saturated rings. The highest BCUT2D eigenvalue weighted by Gasteiger charge is 2.32. The largest absolute Gasteiger partial charge is 0.468 e. The van der Waals surface area contributed by atoms with Crippen LogP contribution in [0.25, 0.3) is 10.2 Å². The average molecular weight is 522 g/mol. The summed E-state index contributed by atoms with van der Waals surface area (Å²) in [6, 6.07) is 9.57. The molecule has 0 spiro atoms. The number of carbonyl (C=O) groups is 2. The van der Waals surface area contributed by atoms with Crippen molar-refractivity contribution in [2.45, 2.75) is 37.5 Å². The van der Waals surface area contributed by atoms with Crippen molar-refractivity contribution in [1.29, 1.82) is 0 Å². The number of aromatic nitrogens is 1. The van der Waals surface area contributed by atoms with E-state index in [0.29, 0.717) is 10.2 Å². The van der Waals surface area contributed by atoms with Gasteiger partial charge in [0.05, 0.1) is 34.4 Å². The number of halogens is 1. The number of amides is 1. The second-order valence-electron chi connectivity index (χ2n) is 8.18. The van der Waals surface area contributed by atoms with Gasteiger partial charge in [-0.05, 0) is 56.3 Å². The standard InChI is InChI=1S/C23H24FN3O6S2/c1-14-11-26(12-15(2)33-14)35(30,31)18-7-4-16(5-8-18)22(29)25-23-27(13-21(28)32-3)19-9-6-17(24)10-20(19)34-23/h4-10,14-15H,11-13H2,1-3H3/t14-,15-/m1/s1. The van der Waals surface area contributed by atoms with E-state index in [1.165, 1.54) is 58.4 Å². The molecule has 0 bridgehead atoms. The molecule has 186 valence electrons. The highest BCUT2D eigenvalue weighted by molar-refractivity contribution is 7.89. The number of sulfonamides is 1. The van der Waals surface area contributed by atoms with Crippen molar-refractivity contribution in [3.05, 3.63) is 58.6 Å². The summed E-state index contributed by atoms with van der Waals surface area (Å²) in [7, 11) is -2.51. The summed E-state index contributed by atoms with van der Waals surface area (Å²) in [5, 5.41) is 0. The molecule has 0 radical (unpaired) electrons. The van der Waals surface area contributed by atoms with E-state index < -0.39 is 27.7 Å². The van der Waals surface area contributed by atoms with Gasteiger partial charge in [-0.3, -0.25) is 9.59 Å². The molecule has 1 aromatic heterocycles. The van der Waals surface area contributed by atoms with Crippen molar-refractivity contribution < 1.29 is 31.9 Å². The molecule has 0 aliphatic carbocycles. The summed E-state index contributed by atoms with van der Waals surface area (Å²) in [6.07, 6.45) is -0.445. The van der Waals surface area contributed by atoms with E-state index in [0.717, 1.165) is 11.3 Å². The van der Waals surface area contributed by atoms with Crippen LogP contribution in [0.1, 0.15) is 24.2 Å². The van der Waals surface area contributed by atoms with Gasteiger partial charge in [0.1, 0.15) is 12.4 Å². The molecule has 0 N–H and O–H groups in total. The van der Waals surface area contributed by atoms with E-state index in [1.807, 2.05) is 13.8 Å². The first-order chi connectivity index (χ1) is 16.6. The minimum atomic E-state index is -3.75. The van der Waals surface area contributed by atoms with E-state index >= 15 is 0 Å². The molecule has 3 aromatic rings. The first kappa shape index (κ1) is 25.2. The zero-order chi connectivity index (χ0) is 25.3. The third kappa shape index (κ3) is 5.35. The van der Waals surface area contributed by atoms with Crippen molar-refractivity contribution in [3.8, 4) is 0 Å². The molecule has 2 heterocycles. The molecular weight excluding hydrogens is 497 g/mol. The van der Waals surface area contributed by atoms with Gasteiger partial charge in [0.2, 0.25) is 10.0 Å². The molecule has 2 aromatic carbocycles. The Kier molecular flexibility index (Phi) is 7.17. The highest BCUT2D eigenvalue weighted by atomic mass is 32.2. The number of methoxy groups -OCH3 is 1. The second kappa shape index (κ2) is 9.97. The number of hydrogen-bond acceptors (Lipinski definition) is 7. The monoisotopic (exact) mass is 521 g/mol. The zero-order valence-electron chi connectivity index (χ0n) is 19.3. The Labute approximate surface area is 205 Å². The van der Waals surface area contributed by atoms with Gasteiger partial charge in [-0.1, -0.05) is 11.3 Å². The van der Waals surface area contributed by atoms with Gasteiger partial charge in [-0.2, -0.15) is 9.30 Å². The number of ether oxygens (including phenoxy) is 2. The summed E-state index contributed by atoms with van der Waals surface area (Å²) in [6.45, 7) is 3.92. The number of esters is 1. The second-order valence-corrected chi connectivity index (χ2v) is 11.1. The van der Waals surface area contributed by atoms with Crippen molar-refractivity contribution in [2.24, 2.45) is 4.99 Å². The van der Waals surface area contributed by atoms with E-state index in [2.05, 4.69) is 4.99 Å². The number of nitrogens with zero attached hydrogens (tertiary/aromatic N) is 3. The molecule has 35 heavy (non-hydrogen) atoms. The van der Waals surface area contributed by atoms with Gasteiger partial charge in [0.25, 0.3) is 5.91 Å². The summed E-state index contributed by atoms with van der Waals surface area (Å²) in [5.41, 5.74) is 0.699. The molecule has 4 rings (SSSR count). The van der Waals surface area contributed by atoms with Crippen LogP contribution in [0, 0.1) is 5.82 Å². The number of carbonyl (C=O) groups excluding carboxylic acids is 2. The maximum absolute atomic E-state index is 13.7. The van der Waals surface area contributed by atoms with Gasteiger partial charge in [0, 0.05) is 18.7 Å². The van der Waals surface area contributed by atoms with Gasteiger partial charge in [-0.15, -0.1) is 0 Å². The fourth-order valence-electron chi connectivity index (χ4n) is 3.88. The van der Waals surface area contributed by atoms with Gasteiger partial charge in [0.15, 0.2) is 4.80 Å². The van der Waals surface area contributed by atoms with Crippen molar-refractivity contribution in [2.75, 3.05) is 20.2 Å². The lowest BCUT2D eigenvalue weighted by atomic mass is 10.2. The number of hydrogen-bond donors (Lipinski definition) is 0. The molecule has 12 heteroatoms. The van der Waals surface area contributed by atoms with Crippen LogP contribution in [0.15, 0.2) is 52.4 Å². The van der Waals surface area contributed by atoms with Crippen molar-refractivity contribution in [1.82, 2.24) is 8.87 Å². The van der Waals surface area contributed by atoms with Crippen LogP contribution < -0.4 is 4.80 Å². The fraction of sp³-hybridized carbons (Fsp3) is 0.348. The first-order valence-corrected chi connectivity index (χ1v) is 13.0. The van der Waals surface area contributed by atoms with Gasteiger partial charge in [-0.25, -0.2) is 12.8 Å². The highest BCUT2D eigenvalue weighted by Crippen LogP contribution is 2.22. The van der Waals surface area contributed by atoms with E-state index in [9.17, 15) is 22.4 Å². The molecule has 0 unspecified atom stereocenters. The molecule has 9 nitrogen and oxygen atoms in total. The Morgan fingerprint density at radius 3 is 2.43 bits per heavy atom. The Morgan fingerprint density at radius 2 is 1.80 bits per heavy atom. The predicted octanol–water partition coefficient (Wildman–Crippen LogP) is 2.55. The molecule has 1 amide bonds. The lowest BCUT2D eigenvalue weighted by molar-refractivity contribution is -0.141. The fourth-order valence-corrected chi connectivity index (χ4v) is 6.52. The maximum atomic E-state index is 13.7. The van der Waals surface area contributed by atoms with Crippen LogP contribution in [0.5, 0.6) is 0 Å². The van der Waals surface area contributed by atoms with Crippen LogP contribution in [-0.2, 0) is 30.8 Å². The zero-order valence-corrected chi connectivity index (χ0v) is 20.9. The number of fused-ring (bicyclic) bond motifs is 1. The molecule has 1 aliphatic rings. The van der Waals surface area contributed by atoms with E-state index in [1.54, 1.807) is 0 Å². The van der Waals surface area contributed by atoms with Crippen LogP contribution in [-0.4, -0.2) is 61.6 Å². The lowest BCUT2D eigenvalue weighted by Gasteiger charge is -2.34. The van der Waals surface area contributed by atoms with Crippen molar-refractivity contribution >= 4 is 43.5 Å². The molecular formula is C23H24FN3O6S2. The van der Waals surface area contributed by atoms with Crippen LogP contribution in [0.4, 0.5) is 4.39 Å². The van der Waals surface area contributed by atoms with Crippen LogP contribution in [0.3, 0.4) is 0 Å². The van der Waals surface area contributed by atoms with E-state index in [4.69, 9.17) is 9.47 Å². The quantitative estimate of drug-likeness (QED) is 0.478. The van der Waals surface area contributed by atoms with Gasteiger partial charge >= 0.3 is 5.97 Å². The van der Waals surface area contributed by atoms with Gasteiger partial charge < -0.3 is 14.0 Å². The molecule has 1 aliphatic heterocycles. The number of morpholine rings is 1. The number of rotatable bonds is 5. The van der Waals surface area contributed by atoms with Crippen LogP contribution in [0.2, 0.25) is 0 Å². The minimum absolute atomic E-state index is 0.0634. The normalized spacial score (nSPS) is 19.7. The predicted molar refractivity (Wildman–Crippen MR) is 127 cm³/mol. The third-order valence-corrected chi connectivity index (χ3v) is 8.37. The molecule has 1 saturated heterocycles. The third-order valence-electron chi connectivity index (χ3n) is 5.48. The average Bonchev–Trinajstić information content (AvgIpc) is 3.13.